The van der Waals surface area contributed by atoms with E-state index < -0.39 is 5.97 Å². The summed E-state index contributed by atoms with van der Waals surface area (Å²) in [6.07, 6.45) is 0.0505. The molecule has 0 bridgehead atoms. The number of rotatable bonds is 5. The van der Waals surface area contributed by atoms with Crippen molar-refractivity contribution in [3.63, 3.8) is 0 Å². The zero-order chi connectivity index (χ0) is 15.6. The lowest BCUT2D eigenvalue weighted by molar-refractivity contribution is -0.136. The number of aliphatic carboxylic acids is 1. The number of hydrogen-bond acceptors (Lipinski definition) is 6. The first-order valence-electron chi connectivity index (χ1n) is 6.51. The first-order valence-corrected chi connectivity index (χ1v) is 9.19. The Morgan fingerprint density at radius 3 is 2.67 bits per heavy atom. The molecule has 0 spiro atoms. The summed E-state index contributed by atoms with van der Waals surface area (Å²) in [5.41, 5.74) is 1.96. The van der Waals surface area contributed by atoms with Gasteiger partial charge in [0.2, 0.25) is 0 Å². The van der Waals surface area contributed by atoms with E-state index in [0.717, 1.165) is 31.4 Å². The Labute approximate surface area is 136 Å². The van der Waals surface area contributed by atoms with Crippen molar-refractivity contribution in [1.82, 2.24) is 9.97 Å². The highest BCUT2D eigenvalue weighted by Gasteiger charge is 2.18. The number of thioether (sulfide) groups is 1. The van der Waals surface area contributed by atoms with Crippen molar-refractivity contribution in [2.75, 3.05) is 0 Å². The second-order valence-corrected chi connectivity index (χ2v) is 8.91. The van der Waals surface area contributed by atoms with Gasteiger partial charge >= 0.3 is 5.97 Å². The fourth-order valence-electron chi connectivity index (χ4n) is 1.62. The van der Waals surface area contributed by atoms with Crippen LogP contribution in [-0.4, -0.2) is 21.0 Å². The van der Waals surface area contributed by atoms with E-state index in [0.29, 0.717) is 0 Å². The molecule has 0 aliphatic rings. The van der Waals surface area contributed by atoms with Crippen molar-refractivity contribution >= 4 is 40.4 Å². The van der Waals surface area contributed by atoms with Crippen LogP contribution in [0.4, 0.5) is 0 Å². The van der Waals surface area contributed by atoms with E-state index in [1.54, 1.807) is 23.1 Å². The summed E-state index contributed by atoms with van der Waals surface area (Å²) in [4.78, 5) is 20.7. The van der Waals surface area contributed by atoms with Crippen LogP contribution in [0.5, 0.6) is 0 Å². The molecule has 4 nitrogen and oxygen atoms in total. The van der Waals surface area contributed by atoms with Gasteiger partial charge < -0.3 is 5.11 Å². The van der Waals surface area contributed by atoms with Gasteiger partial charge in [0.1, 0.15) is 0 Å². The number of hydrogen-bond donors (Lipinski definition) is 1. The van der Waals surface area contributed by atoms with E-state index in [4.69, 9.17) is 5.11 Å². The molecule has 0 unspecified atom stereocenters. The number of nitrogens with zero attached hydrogens (tertiary/aromatic N) is 2. The summed E-state index contributed by atoms with van der Waals surface area (Å²) in [5.74, 6) is -0.0425. The normalized spacial score (nSPS) is 11.8. The molecule has 0 aromatic carbocycles. The highest BCUT2D eigenvalue weighted by Crippen LogP contribution is 2.32. The fraction of sp³-hybridized carbons (Fsp3) is 0.500. The SMILES string of the molecule is Cc1nc(SCc2csc(C(C)(C)C)n2)sc1CC(=O)O. The lowest BCUT2D eigenvalue weighted by Gasteiger charge is -2.13. The van der Waals surface area contributed by atoms with E-state index in [1.165, 1.54) is 11.3 Å². The van der Waals surface area contributed by atoms with Crippen LogP contribution in [0.25, 0.3) is 0 Å². The lowest BCUT2D eigenvalue weighted by Crippen LogP contribution is -2.10. The molecular formula is C14H18N2O2S3. The van der Waals surface area contributed by atoms with Crippen molar-refractivity contribution in [2.24, 2.45) is 0 Å². The monoisotopic (exact) mass is 342 g/mol. The molecule has 1 N–H and O–H groups in total. The van der Waals surface area contributed by atoms with Gasteiger partial charge in [-0.2, -0.15) is 0 Å². The molecule has 21 heavy (non-hydrogen) atoms. The summed E-state index contributed by atoms with van der Waals surface area (Å²) in [6, 6.07) is 0. The third-order valence-corrected chi connectivity index (χ3v) is 6.37. The molecule has 0 fully saturated rings. The van der Waals surface area contributed by atoms with Crippen LogP contribution < -0.4 is 0 Å². The number of carbonyl (C=O) groups is 1. The third kappa shape index (κ3) is 4.52. The Bertz CT molecular complexity index is 641. The van der Waals surface area contributed by atoms with Gasteiger partial charge in [-0.15, -0.1) is 22.7 Å². The van der Waals surface area contributed by atoms with E-state index >= 15 is 0 Å². The van der Waals surface area contributed by atoms with Gasteiger partial charge in [-0.05, 0) is 6.92 Å². The van der Waals surface area contributed by atoms with Crippen LogP contribution in [0.15, 0.2) is 9.72 Å². The molecule has 0 aliphatic carbocycles. The summed E-state index contributed by atoms with van der Waals surface area (Å²) in [6.45, 7) is 8.33. The van der Waals surface area contributed by atoms with Gasteiger partial charge in [0.05, 0.1) is 22.8 Å². The quantitative estimate of drug-likeness (QED) is 0.828. The molecule has 0 amide bonds. The first kappa shape index (κ1) is 16.5. The largest absolute Gasteiger partial charge is 0.481 e. The van der Waals surface area contributed by atoms with Gasteiger partial charge in [0, 0.05) is 21.4 Å². The number of thiazole rings is 2. The maximum absolute atomic E-state index is 10.8. The van der Waals surface area contributed by atoms with Crippen molar-refractivity contribution in [3.8, 4) is 0 Å². The molecule has 0 saturated carbocycles. The molecule has 0 aliphatic heterocycles. The average Bonchev–Trinajstić information content (AvgIpc) is 2.93. The summed E-state index contributed by atoms with van der Waals surface area (Å²) in [5, 5.41) is 12.1. The van der Waals surface area contributed by atoms with E-state index in [-0.39, 0.29) is 11.8 Å². The van der Waals surface area contributed by atoms with Gasteiger partial charge in [-0.25, -0.2) is 9.97 Å². The van der Waals surface area contributed by atoms with Gasteiger partial charge in [0.15, 0.2) is 4.34 Å². The average molecular weight is 343 g/mol. The van der Waals surface area contributed by atoms with E-state index in [1.807, 2.05) is 6.92 Å². The van der Waals surface area contributed by atoms with Gasteiger partial charge in [-0.1, -0.05) is 32.5 Å². The Kier molecular flexibility index (Phi) is 5.06. The summed E-state index contributed by atoms with van der Waals surface area (Å²) < 4.78 is 0.911. The zero-order valence-electron chi connectivity index (χ0n) is 12.5. The molecule has 0 atom stereocenters. The van der Waals surface area contributed by atoms with Crippen LogP contribution in [0.1, 0.15) is 42.0 Å². The van der Waals surface area contributed by atoms with Crippen molar-refractivity contribution in [3.05, 3.63) is 26.7 Å². The molecular weight excluding hydrogens is 324 g/mol. The molecule has 2 heterocycles. The molecule has 7 heteroatoms. The maximum atomic E-state index is 10.8. The van der Waals surface area contributed by atoms with Crippen LogP contribution in [0.2, 0.25) is 0 Å². The zero-order valence-corrected chi connectivity index (χ0v) is 14.9. The number of carboxylic acid groups (broad SMARTS) is 1. The molecule has 2 rings (SSSR count). The van der Waals surface area contributed by atoms with Crippen molar-refractivity contribution < 1.29 is 9.90 Å². The van der Waals surface area contributed by atoms with Gasteiger partial charge in [-0.3, -0.25) is 4.79 Å². The van der Waals surface area contributed by atoms with Crippen LogP contribution in [0.3, 0.4) is 0 Å². The Hall–Kier alpha value is -0.920. The molecule has 2 aromatic heterocycles. The fourth-order valence-corrected chi connectivity index (χ4v) is 4.75. The summed E-state index contributed by atoms with van der Waals surface area (Å²) in [7, 11) is 0. The molecule has 0 radical (unpaired) electrons. The lowest BCUT2D eigenvalue weighted by atomic mass is 9.98. The standard InChI is InChI=1S/C14H18N2O2S3/c1-8-10(5-11(17)18)21-13(15-8)20-7-9-6-19-12(16-9)14(2,3)4/h6H,5,7H2,1-4H3,(H,17,18). The number of aryl methyl sites for hydroxylation is 1. The second-order valence-electron chi connectivity index (χ2n) is 5.74. The maximum Gasteiger partial charge on any atom is 0.308 e. The van der Waals surface area contributed by atoms with Crippen LogP contribution in [-0.2, 0) is 22.4 Å². The van der Waals surface area contributed by atoms with Crippen molar-refractivity contribution in [2.45, 2.75) is 49.6 Å². The van der Waals surface area contributed by atoms with E-state index in [2.05, 4.69) is 36.1 Å². The van der Waals surface area contributed by atoms with E-state index in [9.17, 15) is 4.79 Å². The third-order valence-electron chi connectivity index (χ3n) is 2.72. The Morgan fingerprint density at radius 1 is 1.38 bits per heavy atom. The topological polar surface area (TPSA) is 63.1 Å². The minimum Gasteiger partial charge on any atom is -0.481 e. The highest BCUT2D eigenvalue weighted by molar-refractivity contribution is 8.00. The van der Waals surface area contributed by atoms with Crippen LogP contribution in [0, 0.1) is 6.92 Å². The highest BCUT2D eigenvalue weighted by atomic mass is 32.2. The number of carboxylic acids is 1. The predicted octanol–water partition coefficient (Wildman–Crippen LogP) is 4.12. The second kappa shape index (κ2) is 6.46. The minimum atomic E-state index is -0.812. The van der Waals surface area contributed by atoms with Crippen LogP contribution >= 0.6 is 34.4 Å². The molecule has 2 aromatic rings. The minimum absolute atomic E-state index is 0.0505. The number of aromatic nitrogens is 2. The first-order chi connectivity index (χ1) is 9.75. The Morgan fingerprint density at radius 2 is 2.10 bits per heavy atom. The van der Waals surface area contributed by atoms with Crippen molar-refractivity contribution in [1.29, 1.82) is 0 Å². The molecule has 0 saturated heterocycles. The predicted molar refractivity (Wildman–Crippen MR) is 88.6 cm³/mol. The van der Waals surface area contributed by atoms with Gasteiger partial charge in [0.25, 0.3) is 0 Å². The molecule has 114 valence electrons. The Balaban J connectivity index is 2.00. The summed E-state index contributed by atoms with van der Waals surface area (Å²) >= 11 is 4.77. The smallest absolute Gasteiger partial charge is 0.308 e.